The van der Waals surface area contributed by atoms with Gasteiger partial charge in [-0.15, -0.1) is 0 Å². The predicted molar refractivity (Wildman–Crippen MR) is 94.2 cm³/mol. The van der Waals surface area contributed by atoms with Crippen LogP contribution in [0.2, 0.25) is 0 Å². The molecular weight excluding hydrogens is 379 g/mol. The van der Waals surface area contributed by atoms with Crippen LogP contribution in [0.25, 0.3) is 0 Å². The Morgan fingerprint density at radius 1 is 1.11 bits per heavy atom. The van der Waals surface area contributed by atoms with E-state index >= 15 is 0 Å². The number of amides is 1. The van der Waals surface area contributed by atoms with E-state index in [1.54, 1.807) is 24.3 Å². The molecule has 0 spiro atoms. The van der Waals surface area contributed by atoms with Crippen molar-refractivity contribution in [3.63, 3.8) is 0 Å². The van der Waals surface area contributed by atoms with Crippen LogP contribution in [0, 0.1) is 5.82 Å². The number of sulfonamides is 1. The molecular formula is C17H17FN2O6S. The number of benzene rings is 2. The van der Waals surface area contributed by atoms with Crippen molar-refractivity contribution in [3.05, 3.63) is 54.3 Å². The number of carbonyl (C=O) groups is 2. The molecule has 0 saturated carbocycles. The maximum absolute atomic E-state index is 13.5. The van der Waals surface area contributed by atoms with Gasteiger partial charge in [0.05, 0.1) is 7.11 Å². The van der Waals surface area contributed by atoms with Gasteiger partial charge < -0.3 is 14.8 Å². The van der Waals surface area contributed by atoms with Crippen molar-refractivity contribution in [2.75, 3.05) is 25.6 Å². The van der Waals surface area contributed by atoms with E-state index in [1.807, 2.05) is 4.72 Å². The number of anilines is 1. The normalized spacial score (nSPS) is 10.9. The van der Waals surface area contributed by atoms with Crippen LogP contribution in [0.3, 0.4) is 0 Å². The lowest BCUT2D eigenvalue weighted by molar-refractivity contribution is -0.146. The SMILES string of the molecule is COc1cccc(NC(=O)COC(=O)CNS(=O)(=O)c2ccccc2F)c1. The lowest BCUT2D eigenvalue weighted by Crippen LogP contribution is -2.32. The predicted octanol–water partition coefficient (Wildman–Crippen LogP) is 1.29. The molecule has 10 heteroatoms. The van der Waals surface area contributed by atoms with Crippen LogP contribution in [-0.4, -0.2) is 40.6 Å². The number of halogens is 1. The highest BCUT2D eigenvalue weighted by Gasteiger charge is 2.20. The van der Waals surface area contributed by atoms with Gasteiger partial charge in [0.1, 0.15) is 23.0 Å². The van der Waals surface area contributed by atoms with Crippen molar-refractivity contribution in [2.24, 2.45) is 0 Å². The lowest BCUT2D eigenvalue weighted by Gasteiger charge is -2.09. The third-order valence-electron chi connectivity index (χ3n) is 3.25. The fraction of sp³-hybridized carbons (Fsp3) is 0.176. The van der Waals surface area contributed by atoms with Gasteiger partial charge in [0.25, 0.3) is 5.91 Å². The van der Waals surface area contributed by atoms with Gasteiger partial charge in [-0.25, -0.2) is 12.8 Å². The highest BCUT2D eigenvalue weighted by Crippen LogP contribution is 2.16. The maximum Gasteiger partial charge on any atom is 0.321 e. The molecule has 27 heavy (non-hydrogen) atoms. The van der Waals surface area contributed by atoms with Crippen molar-refractivity contribution in [1.82, 2.24) is 4.72 Å². The van der Waals surface area contributed by atoms with E-state index < -0.39 is 45.8 Å². The molecule has 0 fully saturated rings. The third-order valence-corrected chi connectivity index (χ3v) is 4.68. The van der Waals surface area contributed by atoms with Crippen molar-refractivity contribution in [3.8, 4) is 5.75 Å². The summed E-state index contributed by atoms with van der Waals surface area (Å²) in [6.45, 7) is -1.36. The zero-order valence-electron chi connectivity index (χ0n) is 14.3. The van der Waals surface area contributed by atoms with E-state index in [-0.39, 0.29) is 0 Å². The van der Waals surface area contributed by atoms with Crippen LogP contribution in [-0.2, 0) is 24.3 Å². The van der Waals surface area contributed by atoms with Crippen LogP contribution >= 0.6 is 0 Å². The Bertz CT molecular complexity index is 933. The van der Waals surface area contributed by atoms with Crippen LogP contribution in [0.5, 0.6) is 5.75 Å². The average Bonchev–Trinajstić information content (AvgIpc) is 2.65. The number of rotatable bonds is 8. The Hall–Kier alpha value is -2.98. The summed E-state index contributed by atoms with van der Waals surface area (Å²) < 4.78 is 49.0. The van der Waals surface area contributed by atoms with Crippen LogP contribution < -0.4 is 14.8 Å². The molecule has 0 unspecified atom stereocenters. The summed E-state index contributed by atoms with van der Waals surface area (Å²) >= 11 is 0. The zero-order chi connectivity index (χ0) is 19.9. The molecule has 0 aliphatic carbocycles. The third kappa shape index (κ3) is 6.04. The number of methoxy groups -OCH3 is 1. The topological polar surface area (TPSA) is 111 Å². The molecule has 0 radical (unpaired) electrons. The summed E-state index contributed by atoms with van der Waals surface area (Å²) in [5.74, 6) is -2.02. The first-order valence-electron chi connectivity index (χ1n) is 7.65. The Kier molecular flexibility index (Phi) is 6.85. The Balaban J connectivity index is 1.82. The zero-order valence-corrected chi connectivity index (χ0v) is 15.1. The molecule has 2 aromatic carbocycles. The van der Waals surface area contributed by atoms with Crippen molar-refractivity contribution < 1.29 is 31.9 Å². The van der Waals surface area contributed by atoms with Gasteiger partial charge in [0.15, 0.2) is 6.61 Å². The number of carbonyl (C=O) groups excluding carboxylic acids is 2. The van der Waals surface area contributed by atoms with Gasteiger partial charge in [0.2, 0.25) is 10.0 Å². The summed E-state index contributed by atoms with van der Waals surface area (Å²) in [5, 5.41) is 2.49. The van der Waals surface area contributed by atoms with Gasteiger partial charge in [0, 0.05) is 11.8 Å². The first-order chi connectivity index (χ1) is 12.8. The quantitative estimate of drug-likeness (QED) is 0.651. The number of hydrogen-bond acceptors (Lipinski definition) is 6. The van der Waals surface area contributed by atoms with Crippen LogP contribution in [0.1, 0.15) is 0 Å². The maximum atomic E-state index is 13.5. The summed E-state index contributed by atoms with van der Waals surface area (Å²) in [5.41, 5.74) is 0.440. The van der Waals surface area contributed by atoms with E-state index in [0.29, 0.717) is 11.4 Å². The van der Waals surface area contributed by atoms with E-state index in [9.17, 15) is 22.4 Å². The molecule has 144 valence electrons. The molecule has 0 bridgehead atoms. The highest BCUT2D eigenvalue weighted by atomic mass is 32.2. The fourth-order valence-electron chi connectivity index (χ4n) is 1.99. The van der Waals surface area contributed by atoms with E-state index in [1.165, 1.54) is 19.2 Å². The van der Waals surface area contributed by atoms with Crippen molar-refractivity contribution >= 4 is 27.6 Å². The van der Waals surface area contributed by atoms with Gasteiger partial charge in [-0.3, -0.25) is 9.59 Å². The lowest BCUT2D eigenvalue weighted by atomic mass is 10.3. The largest absolute Gasteiger partial charge is 0.497 e. The van der Waals surface area contributed by atoms with Crippen molar-refractivity contribution in [2.45, 2.75) is 4.90 Å². The Labute approximate surface area is 155 Å². The Morgan fingerprint density at radius 3 is 2.56 bits per heavy atom. The average molecular weight is 396 g/mol. The van der Waals surface area contributed by atoms with E-state index in [0.717, 1.165) is 12.1 Å². The molecule has 0 saturated heterocycles. The van der Waals surface area contributed by atoms with Gasteiger partial charge in [-0.1, -0.05) is 18.2 Å². The molecule has 8 nitrogen and oxygen atoms in total. The number of esters is 1. The number of hydrogen-bond donors (Lipinski definition) is 2. The molecule has 2 N–H and O–H groups in total. The number of nitrogens with one attached hydrogen (secondary N) is 2. The molecule has 0 aliphatic rings. The van der Waals surface area contributed by atoms with Gasteiger partial charge in [-0.2, -0.15) is 4.72 Å². The van der Waals surface area contributed by atoms with Crippen LogP contribution in [0.4, 0.5) is 10.1 Å². The molecule has 2 rings (SSSR count). The fourth-order valence-corrected chi connectivity index (χ4v) is 3.04. The second kappa shape index (κ2) is 9.10. The molecule has 0 heterocycles. The van der Waals surface area contributed by atoms with E-state index in [2.05, 4.69) is 5.32 Å². The second-order valence-corrected chi connectivity index (χ2v) is 6.93. The molecule has 0 atom stereocenters. The first-order valence-corrected chi connectivity index (χ1v) is 9.14. The molecule has 0 aromatic heterocycles. The minimum Gasteiger partial charge on any atom is -0.497 e. The first kappa shape index (κ1) is 20.3. The summed E-state index contributed by atoms with van der Waals surface area (Å²) in [7, 11) is -2.74. The van der Waals surface area contributed by atoms with Crippen LogP contribution in [0.15, 0.2) is 53.4 Å². The summed E-state index contributed by atoms with van der Waals surface area (Å²) in [4.78, 5) is 22.8. The van der Waals surface area contributed by atoms with E-state index in [4.69, 9.17) is 9.47 Å². The minimum atomic E-state index is -4.22. The van der Waals surface area contributed by atoms with Gasteiger partial charge >= 0.3 is 5.97 Å². The Morgan fingerprint density at radius 2 is 1.85 bits per heavy atom. The van der Waals surface area contributed by atoms with Crippen molar-refractivity contribution in [1.29, 1.82) is 0 Å². The standard InChI is InChI=1S/C17H17FN2O6S/c1-25-13-6-4-5-12(9-13)20-16(21)11-26-17(22)10-19-27(23,24)15-8-3-2-7-14(15)18/h2-9,19H,10-11H2,1H3,(H,20,21). The summed E-state index contributed by atoms with van der Waals surface area (Å²) in [6.07, 6.45) is 0. The molecule has 2 aromatic rings. The second-order valence-electron chi connectivity index (χ2n) is 5.20. The number of ether oxygens (including phenoxy) is 2. The monoisotopic (exact) mass is 396 g/mol. The molecule has 1 amide bonds. The summed E-state index contributed by atoms with van der Waals surface area (Å²) in [6, 6.07) is 11.3. The minimum absolute atomic E-state index is 0.440. The highest BCUT2D eigenvalue weighted by molar-refractivity contribution is 7.89. The smallest absolute Gasteiger partial charge is 0.321 e. The van der Waals surface area contributed by atoms with Gasteiger partial charge in [-0.05, 0) is 24.3 Å². The molecule has 0 aliphatic heterocycles.